The van der Waals surface area contributed by atoms with Crippen molar-refractivity contribution in [1.82, 2.24) is 0 Å². The molecule has 0 fully saturated rings. The Bertz CT molecular complexity index is 512. The molecule has 5 heteroatoms. The summed E-state index contributed by atoms with van der Waals surface area (Å²) in [4.78, 5) is 13.9. The van der Waals surface area contributed by atoms with Gasteiger partial charge in [0.05, 0.1) is 11.4 Å². The average molecular weight is 267 g/mol. The van der Waals surface area contributed by atoms with E-state index in [-0.39, 0.29) is 11.8 Å². The largest absolute Gasteiger partial charge is 0.411 e. The van der Waals surface area contributed by atoms with E-state index in [9.17, 15) is 4.79 Å². The number of benzene rings is 1. The lowest BCUT2D eigenvalue weighted by atomic mass is 9.98. The van der Waals surface area contributed by atoms with Gasteiger partial charge in [0.2, 0.25) is 5.91 Å². The van der Waals surface area contributed by atoms with Crippen LogP contribution in [0.25, 0.3) is 0 Å². The first-order chi connectivity index (χ1) is 8.54. The van der Waals surface area contributed by atoms with Crippen LogP contribution in [-0.4, -0.2) is 23.4 Å². The third kappa shape index (κ3) is 2.20. The van der Waals surface area contributed by atoms with Gasteiger partial charge in [-0.3, -0.25) is 4.79 Å². The molecule has 0 aliphatic carbocycles. The summed E-state index contributed by atoms with van der Waals surface area (Å²) in [5, 5.41) is 12.9. The highest BCUT2D eigenvalue weighted by Gasteiger charge is 2.27. The Hall–Kier alpha value is -1.55. The Labute approximate surface area is 111 Å². The Balaban J connectivity index is 2.50. The molecule has 4 nitrogen and oxygen atoms in total. The molecule has 1 aromatic carbocycles. The van der Waals surface area contributed by atoms with E-state index in [2.05, 4.69) is 5.16 Å². The average Bonchev–Trinajstić information content (AvgIpc) is 2.36. The molecular weight excluding hydrogens is 252 g/mol. The molecule has 0 bridgehead atoms. The summed E-state index contributed by atoms with van der Waals surface area (Å²) < 4.78 is 0. The van der Waals surface area contributed by atoms with Crippen molar-refractivity contribution >= 4 is 28.9 Å². The SMILES string of the molecule is CC(C)C(=O)N1CC/C(=N/O)c2cc(Cl)ccc21. The number of anilines is 1. The van der Waals surface area contributed by atoms with Gasteiger partial charge in [0.25, 0.3) is 0 Å². The van der Waals surface area contributed by atoms with Gasteiger partial charge in [-0.05, 0) is 18.2 Å². The third-order valence-corrected chi connectivity index (χ3v) is 3.25. The molecule has 1 aliphatic rings. The van der Waals surface area contributed by atoms with Crippen LogP contribution in [0.2, 0.25) is 5.02 Å². The standard InChI is InChI=1S/C13H15ClN2O2/c1-8(2)13(17)16-6-5-11(15-18)10-7-9(14)3-4-12(10)16/h3-4,7-8,18H,5-6H2,1-2H3/b15-11-. The van der Waals surface area contributed by atoms with Crippen LogP contribution in [0.15, 0.2) is 23.4 Å². The Morgan fingerprint density at radius 3 is 2.83 bits per heavy atom. The summed E-state index contributed by atoms with van der Waals surface area (Å²) in [6.07, 6.45) is 0.530. The number of rotatable bonds is 1. The second-order valence-corrected chi connectivity index (χ2v) is 5.04. The molecule has 1 N–H and O–H groups in total. The molecule has 1 aliphatic heterocycles. The van der Waals surface area contributed by atoms with E-state index in [1.54, 1.807) is 23.1 Å². The monoisotopic (exact) mass is 266 g/mol. The van der Waals surface area contributed by atoms with Gasteiger partial charge < -0.3 is 10.1 Å². The smallest absolute Gasteiger partial charge is 0.229 e. The second-order valence-electron chi connectivity index (χ2n) is 4.60. The highest BCUT2D eigenvalue weighted by molar-refractivity contribution is 6.31. The van der Waals surface area contributed by atoms with Gasteiger partial charge in [0.1, 0.15) is 0 Å². The van der Waals surface area contributed by atoms with Gasteiger partial charge in [-0.1, -0.05) is 30.6 Å². The van der Waals surface area contributed by atoms with Crippen molar-refractivity contribution in [3.8, 4) is 0 Å². The lowest BCUT2D eigenvalue weighted by Crippen LogP contribution is -2.39. The predicted molar refractivity (Wildman–Crippen MR) is 71.6 cm³/mol. The number of nitrogens with zero attached hydrogens (tertiary/aromatic N) is 2. The van der Waals surface area contributed by atoms with E-state index in [0.717, 1.165) is 11.3 Å². The normalized spacial score (nSPS) is 17.1. The van der Waals surface area contributed by atoms with Gasteiger partial charge in [-0.2, -0.15) is 0 Å². The number of oxime groups is 1. The van der Waals surface area contributed by atoms with Gasteiger partial charge in [-0.15, -0.1) is 0 Å². The lowest BCUT2D eigenvalue weighted by molar-refractivity contribution is -0.121. The zero-order valence-corrected chi connectivity index (χ0v) is 11.1. The van der Waals surface area contributed by atoms with Crippen LogP contribution in [-0.2, 0) is 4.79 Å². The fourth-order valence-electron chi connectivity index (χ4n) is 2.09. The van der Waals surface area contributed by atoms with Crippen LogP contribution in [0.5, 0.6) is 0 Å². The summed E-state index contributed by atoms with van der Waals surface area (Å²) in [5.74, 6) is -0.00305. The van der Waals surface area contributed by atoms with Crippen molar-refractivity contribution < 1.29 is 10.0 Å². The zero-order chi connectivity index (χ0) is 13.3. The Morgan fingerprint density at radius 1 is 1.50 bits per heavy atom. The number of hydrogen-bond acceptors (Lipinski definition) is 3. The molecule has 0 aromatic heterocycles. The van der Waals surface area contributed by atoms with Crippen LogP contribution < -0.4 is 4.90 Å². The van der Waals surface area contributed by atoms with Crippen molar-refractivity contribution in [3.63, 3.8) is 0 Å². The van der Waals surface area contributed by atoms with Crippen molar-refractivity contribution in [1.29, 1.82) is 0 Å². The first kappa shape index (κ1) is 12.9. The lowest BCUT2D eigenvalue weighted by Gasteiger charge is -2.31. The minimum absolute atomic E-state index is 0.0653. The van der Waals surface area contributed by atoms with Crippen molar-refractivity contribution in [3.05, 3.63) is 28.8 Å². The van der Waals surface area contributed by atoms with Crippen LogP contribution in [0.4, 0.5) is 5.69 Å². The number of halogens is 1. The number of carbonyl (C=O) groups is 1. The Kier molecular flexibility index (Phi) is 3.57. The predicted octanol–water partition coefficient (Wildman–Crippen LogP) is 2.91. The van der Waals surface area contributed by atoms with Crippen LogP contribution in [0, 0.1) is 5.92 Å². The maximum Gasteiger partial charge on any atom is 0.229 e. The fraction of sp³-hybridized carbons (Fsp3) is 0.385. The maximum absolute atomic E-state index is 12.1. The van der Waals surface area contributed by atoms with E-state index in [0.29, 0.717) is 23.7 Å². The molecule has 1 aromatic rings. The van der Waals surface area contributed by atoms with E-state index in [1.807, 2.05) is 13.8 Å². The summed E-state index contributed by atoms with van der Waals surface area (Å²) in [5.41, 5.74) is 2.06. The van der Waals surface area contributed by atoms with Gasteiger partial charge in [-0.25, -0.2) is 0 Å². The number of fused-ring (bicyclic) bond motifs is 1. The molecule has 0 unspecified atom stereocenters. The summed E-state index contributed by atoms with van der Waals surface area (Å²) in [6, 6.07) is 5.26. The zero-order valence-electron chi connectivity index (χ0n) is 10.4. The molecule has 18 heavy (non-hydrogen) atoms. The topological polar surface area (TPSA) is 52.9 Å². The molecule has 96 valence electrons. The van der Waals surface area contributed by atoms with Crippen LogP contribution >= 0.6 is 11.6 Å². The first-order valence-electron chi connectivity index (χ1n) is 5.87. The molecule has 0 radical (unpaired) electrons. The van der Waals surface area contributed by atoms with E-state index in [4.69, 9.17) is 16.8 Å². The first-order valence-corrected chi connectivity index (χ1v) is 6.24. The van der Waals surface area contributed by atoms with Crippen molar-refractivity contribution in [2.75, 3.05) is 11.4 Å². The number of hydrogen-bond donors (Lipinski definition) is 1. The summed E-state index contributed by atoms with van der Waals surface area (Å²) in [7, 11) is 0. The second kappa shape index (κ2) is 4.98. The van der Waals surface area contributed by atoms with Crippen LogP contribution in [0.1, 0.15) is 25.8 Å². The summed E-state index contributed by atoms with van der Waals surface area (Å²) in [6.45, 7) is 4.27. The minimum atomic E-state index is -0.0684. The van der Waals surface area contributed by atoms with E-state index in [1.165, 1.54) is 0 Å². The van der Waals surface area contributed by atoms with Gasteiger partial charge >= 0.3 is 0 Å². The molecule has 0 saturated carbocycles. The minimum Gasteiger partial charge on any atom is -0.411 e. The molecular formula is C13H15ClN2O2. The highest BCUT2D eigenvalue weighted by atomic mass is 35.5. The third-order valence-electron chi connectivity index (χ3n) is 3.01. The molecule has 0 spiro atoms. The summed E-state index contributed by atoms with van der Waals surface area (Å²) >= 11 is 5.95. The number of carbonyl (C=O) groups excluding carboxylic acids is 1. The van der Waals surface area contributed by atoms with Crippen molar-refractivity contribution in [2.45, 2.75) is 20.3 Å². The molecule has 2 rings (SSSR count). The maximum atomic E-state index is 12.1. The van der Waals surface area contributed by atoms with Gasteiger partial charge in [0, 0.05) is 29.5 Å². The molecule has 1 amide bonds. The van der Waals surface area contributed by atoms with E-state index < -0.39 is 0 Å². The molecule has 0 atom stereocenters. The highest BCUT2D eigenvalue weighted by Crippen LogP contribution is 2.30. The quantitative estimate of drug-likeness (QED) is 0.628. The molecule has 0 saturated heterocycles. The molecule has 1 heterocycles. The fourth-order valence-corrected chi connectivity index (χ4v) is 2.26. The number of amides is 1. The van der Waals surface area contributed by atoms with E-state index >= 15 is 0 Å². The van der Waals surface area contributed by atoms with Crippen molar-refractivity contribution in [2.24, 2.45) is 11.1 Å². The Morgan fingerprint density at radius 2 is 2.22 bits per heavy atom. The van der Waals surface area contributed by atoms with Crippen LogP contribution in [0.3, 0.4) is 0 Å². The van der Waals surface area contributed by atoms with Gasteiger partial charge in [0.15, 0.2) is 0 Å².